The normalized spacial score (nSPS) is 14.7. The summed E-state index contributed by atoms with van der Waals surface area (Å²) in [6.45, 7) is 7.42. The monoisotopic (exact) mass is 504 g/mol. The minimum absolute atomic E-state index is 0.0214. The van der Waals surface area contributed by atoms with Gasteiger partial charge in [-0.3, -0.25) is 19.2 Å². The maximum atomic E-state index is 13.0. The van der Waals surface area contributed by atoms with Gasteiger partial charge in [0.05, 0.1) is 6.04 Å². The Morgan fingerprint density at radius 1 is 0.765 bits per heavy atom. The second-order valence-corrected chi connectivity index (χ2v) is 10.1. The smallest absolute Gasteiger partial charge is 0.326 e. The van der Waals surface area contributed by atoms with Crippen LogP contribution < -0.4 is 21.7 Å². The van der Waals surface area contributed by atoms with E-state index in [0.29, 0.717) is 5.75 Å². The fraction of sp³-hybridized carbons (Fsp3) is 0.773. The molecule has 4 atom stereocenters. The van der Waals surface area contributed by atoms with Crippen LogP contribution in [0.4, 0.5) is 0 Å². The zero-order valence-corrected chi connectivity index (χ0v) is 21.4. The number of amides is 3. The molecular formula is C22H40N4O7S. The molecule has 0 heterocycles. The third-order valence-corrected chi connectivity index (χ3v) is 5.56. The summed E-state index contributed by atoms with van der Waals surface area (Å²) >= 11 is 1.47. The summed E-state index contributed by atoms with van der Waals surface area (Å²) in [5, 5.41) is 25.9. The molecule has 7 N–H and O–H groups in total. The van der Waals surface area contributed by atoms with Gasteiger partial charge in [0.1, 0.15) is 18.1 Å². The third kappa shape index (κ3) is 13.4. The molecule has 0 aliphatic carbocycles. The lowest BCUT2D eigenvalue weighted by Gasteiger charge is -2.26. The Morgan fingerprint density at radius 3 is 1.71 bits per heavy atom. The lowest BCUT2D eigenvalue weighted by atomic mass is 10.00. The van der Waals surface area contributed by atoms with Crippen molar-refractivity contribution in [1.29, 1.82) is 0 Å². The van der Waals surface area contributed by atoms with Crippen LogP contribution in [0, 0.1) is 11.8 Å². The van der Waals surface area contributed by atoms with E-state index in [1.165, 1.54) is 11.8 Å². The Bertz CT molecular complexity index is 703. The van der Waals surface area contributed by atoms with Crippen LogP contribution in [0.5, 0.6) is 0 Å². The molecule has 0 fully saturated rings. The van der Waals surface area contributed by atoms with Gasteiger partial charge >= 0.3 is 11.9 Å². The van der Waals surface area contributed by atoms with E-state index in [-0.39, 0.29) is 43.9 Å². The molecule has 0 aromatic rings. The summed E-state index contributed by atoms with van der Waals surface area (Å²) in [4.78, 5) is 60.5. The van der Waals surface area contributed by atoms with Gasteiger partial charge in [0.25, 0.3) is 0 Å². The van der Waals surface area contributed by atoms with Crippen LogP contribution in [0.15, 0.2) is 0 Å². The fourth-order valence-electron chi connectivity index (χ4n) is 3.13. The highest BCUT2D eigenvalue weighted by molar-refractivity contribution is 7.98. The molecule has 3 amide bonds. The molecule has 0 aliphatic rings. The first-order valence-electron chi connectivity index (χ1n) is 11.4. The summed E-state index contributed by atoms with van der Waals surface area (Å²) in [7, 11) is 0. The minimum atomic E-state index is -1.16. The van der Waals surface area contributed by atoms with E-state index >= 15 is 0 Å². The Morgan fingerprint density at radius 2 is 1.24 bits per heavy atom. The van der Waals surface area contributed by atoms with Gasteiger partial charge in [0, 0.05) is 6.42 Å². The number of carbonyl (C=O) groups excluding carboxylic acids is 3. The number of hydrogen-bond donors (Lipinski definition) is 6. The van der Waals surface area contributed by atoms with Gasteiger partial charge in [-0.2, -0.15) is 11.8 Å². The van der Waals surface area contributed by atoms with Gasteiger partial charge < -0.3 is 31.9 Å². The lowest BCUT2D eigenvalue weighted by Crippen LogP contribution is -2.57. The summed E-state index contributed by atoms with van der Waals surface area (Å²) in [6, 6.07) is -4.15. The Balaban J connectivity index is 5.44. The second-order valence-electron chi connectivity index (χ2n) is 9.10. The molecule has 0 aliphatic heterocycles. The maximum Gasteiger partial charge on any atom is 0.326 e. The van der Waals surface area contributed by atoms with E-state index in [1.54, 1.807) is 0 Å². The van der Waals surface area contributed by atoms with Crippen molar-refractivity contribution in [3.8, 4) is 0 Å². The van der Waals surface area contributed by atoms with Gasteiger partial charge in [-0.15, -0.1) is 0 Å². The maximum absolute atomic E-state index is 13.0. The highest BCUT2D eigenvalue weighted by Crippen LogP contribution is 2.10. The van der Waals surface area contributed by atoms with Crippen LogP contribution in [-0.2, 0) is 24.0 Å². The van der Waals surface area contributed by atoms with E-state index in [1.807, 2.05) is 34.0 Å². The minimum Gasteiger partial charge on any atom is -0.481 e. The molecule has 4 unspecified atom stereocenters. The predicted molar refractivity (Wildman–Crippen MR) is 130 cm³/mol. The number of aliphatic carboxylic acids is 2. The van der Waals surface area contributed by atoms with Gasteiger partial charge in [0.15, 0.2) is 0 Å². The highest BCUT2D eigenvalue weighted by Gasteiger charge is 2.30. The van der Waals surface area contributed by atoms with Gasteiger partial charge in [-0.05, 0) is 49.5 Å². The largest absolute Gasteiger partial charge is 0.481 e. The standard InChI is InChI=1S/C22H40N4O7S/c1-12(2)10-16(21(31)26-17(22(32)33)11-13(3)4)25-20(30)15(8-9-34-5)24-19(29)14(23)6-7-18(27)28/h12-17H,6-11,23H2,1-5H3,(H,24,29)(H,25,30)(H,26,31)(H,27,28)(H,32,33). The number of rotatable bonds is 17. The molecule has 196 valence electrons. The van der Waals surface area contributed by atoms with Crippen molar-refractivity contribution in [3.05, 3.63) is 0 Å². The number of hydrogen-bond acceptors (Lipinski definition) is 7. The van der Waals surface area contributed by atoms with Crippen molar-refractivity contribution in [3.63, 3.8) is 0 Å². The first-order valence-corrected chi connectivity index (χ1v) is 12.8. The van der Waals surface area contributed by atoms with Gasteiger partial charge in [0.2, 0.25) is 17.7 Å². The summed E-state index contributed by atoms with van der Waals surface area (Å²) in [5.74, 6) is -3.50. The van der Waals surface area contributed by atoms with Crippen molar-refractivity contribution < 1.29 is 34.2 Å². The Kier molecular flexibility index (Phi) is 15.2. The number of nitrogens with two attached hydrogens (primary N) is 1. The van der Waals surface area contributed by atoms with Crippen LogP contribution in [0.3, 0.4) is 0 Å². The van der Waals surface area contributed by atoms with E-state index in [9.17, 15) is 29.1 Å². The Labute approximate surface area is 205 Å². The number of thioether (sulfide) groups is 1. The molecule has 0 aromatic carbocycles. The molecule has 0 spiro atoms. The van der Waals surface area contributed by atoms with Crippen LogP contribution in [0.1, 0.15) is 59.8 Å². The fourth-order valence-corrected chi connectivity index (χ4v) is 3.61. The molecule has 11 nitrogen and oxygen atoms in total. The number of carboxylic acid groups (broad SMARTS) is 2. The number of carbonyl (C=O) groups is 5. The number of nitrogens with one attached hydrogen (secondary N) is 3. The molecular weight excluding hydrogens is 464 g/mol. The number of carboxylic acids is 2. The first kappa shape index (κ1) is 31.7. The van der Waals surface area contributed by atoms with Crippen molar-refractivity contribution >= 4 is 41.4 Å². The SMILES string of the molecule is CSCCC(NC(=O)C(N)CCC(=O)O)C(=O)NC(CC(C)C)C(=O)NC(CC(C)C)C(=O)O. The molecule has 12 heteroatoms. The highest BCUT2D eigenvalue weighted by atomic mass is 32.2. The van der Waals surface area contributed by atoms with Crippen LogP contribution in [-0.4, -0.2) is 76.0 Å². The first-order chi connectivity index (χ1) is 15.8. The topological polar surface area (TPSA) is 188 Å². The van der Waals surface area contributed by atoms with Crippen molar-refractivity contribution in [2.45, 2.75) is 84.0 Å². The molecule has 0 saturated heterocycles. The van der Waals surface area contributed by atoms with Crippen molar-refractivity contribution in [1.82, 2.24) is 16.0 Å². The van der Waals surface area contributed by atoms with Crippen LogP contribution in [0.2, 0.25) is 0 Å². The summed E-state index contributed by atoms with van der Waals surface area (Å²) in [5.41, 5.74) is 5.75. The van der Waals surface area contributed by atoms with E-state index in [2.05, 4.69) is 16.0 Å². The van der Waals surface area contributed by atoms with Crippen LogP contribution in [0.25, 0.3) is 0 Å². The van der Waals surface area contributed by atoms with Crippen molar-refractivity contribution in [2.24, 2.45) is 17.6 Å². The summed E-state index contributed by atoms with van der Waals surface area (Å²) < 4.78 is 0. The average molecular weight is 505 g/mol. The zero-order chi connectivity index (χ0) is 26.4. The second kappa shape index (κ2) is 16.3. The zero-order valence-electron chi connectivity index (χ0n) is 20.6. The van der Waals surface area contributed by atoms with Gasteiger partial charge in [-0.25, -0.2) is 4.79 Å². The molecule has 0 bridgehead atoms. The van der Waals surface area contributed by atoms with E-state index < -0.39 is 53.8 Å². The lowest BCUT2D eigenvalue weighted by molar-refractivity contribution is -0.143. The predicted octanol–water partition coefficient (Wildman–Crippen LogP) is 0.563. The third-order valence-electron chi connectivity index (χ3n) is 4.91. The molecule has 34 heavy (non-hydrogen) atoms. The summed E-state index contributed by atoms with van der Waals surface area (Å²) in [6.07, 6.45) is 2.25. The molecule has 0 saturated carbocycles. The average Bonchev–Trinajstić information content (AvgIpc) is 2.72. The quantitative estimate of drug-likeness (QED) is 0.164. The molecule has 0 aromatic heterocycles. The molecule has 0 rings (SSSR count). The van der Waals surface area contributed by atoms with Crippen LogP contribution >= 0.6 is 11.8 Å². The molecule has 0 radical (unpaired) electrons. The van der Waals surface area contributed by atoms with E-state index in [4.69, 9.17) is 10.8 Å². The van der Waals surface area contributed by atoms with Crippen molar-refractivity contribution in [2.75, 3.05) is 12.0 Å². The Hall–Kier alpha value is -2.34. The van der Waals surface area contributed by atoms with Gasteiger partial charge in [-0.1, -0.05) is 27.7 Å². The van der Waals surface area contributed by atoms with E-state index in [0.717, 1.165) is 0 Å².